The predicted octanol–water partition coefficient (Wildman–Crippen LogP) is 5.78. The highest BCUT2D eigenvalue weighted by Gasteiger charge is 2.13. The van der Waals surface area contributed by atoms with Crippen LogP contribution < -0.4 is 5.32 Å². The van der Waals surface area contributed by atoms with Crippen molar-refractivity contribution < 1.29 is 4.79 Å². The number of H-pyrrole nitrogens is 1. The third-order valence-electron chi connectivity index (χ3n) is 5.53. The summed E-state index contributed by atoms with van der Waals surface area (Å²) in [5.74, 6) is 0.581. The summed E-state index contributed by atoms with van der Waals surface area (Å²) >= 11 is 0. The number of imidazole rings is 1. The number of aromatic nitrogens is 3. The molecule has 0 spiro atoms. The minimum atomic E-state index is -0.112. The van der Waals surface area contributed by atoms with Crippen molar-refractivity contribution in [3.63, 3.8) is 0 Å². The molecule has 0 aliphatic carbocycles. The lowest BCUT2D eigenvalue weighted by molar-refractivity contribution is 0.0940. The minimum Gasteiger partial charge on any atom is -0.346 e. The first-order valence-corrected chi connectivity index (χ1v) is 10.5. The van der Waals surface area contributed by atoms with Crippen LogP contribution in [0.2, 0.25) is 0 Å². The number of aromatic amines is 1. The van der Waals surface area contributed by atoms with E-state index in [-0.39, 0.29) is 11.9 Å². The molecule has 1 atom stereocenters. The van der Waals surface area contributed by atoms with Crippen molar-refractivity contribution in [1.82, 2.24) is 20.3 Å². The van der Waals surface area contributed by atoms with Crippen LogP contribution in [0.25, 0.3) is 33.5 Å². The summed E-state index contributed by atoms with van der Waals surface area (Å²) in [6.07, 6.45) is 3.63. The highest BCUT2D eigenvalue weighted by atomic mass is 16.1. The van der Waals surface area contributed by atoms with Crippen molar-refractivity contribution in [2.75, 3.05) is 0 Å². The fourth-order valence-electron chi connectivity index (χ4n) is 3.74. The number of rotatable bonds is 5. The van der Waals surface area contributed by atoms with E-state index in [2.05, 4.69) is 26.3 Å². The van der Waals surface area contributed by atoms with Gasteiger partial charge in [0.25, 0.3) is 5.91 Å². The van der Waals surface area contributed by atoms with Crippen LogP contribution >= 0.6 is 0 Å². The number of nitrogens with one attached hydrogen (secondary N) is 2. The number of pyridine rings is 1. The Morgan fingerprint density at radius 2 is 1.62 bits per heavy atom. The largest absolute Gasteiger partial charge is 0.346 e. The van der Waals surface area contributed by atoms with Crippen molar-refractivity contribution in [2.24, 2.45) is 0 Å². The molecule has 0 fully saturated rings. The van der Waals surface area contributed by atoms with E-state index in [9.17, 15) is 4.79 Å². The summed E-state index contributed by atoms with van der Waals surface area (Å²) in [6.45, 7) is 1.98. The SMILES string of the molecule is CC(NC(=O)c1cccc(-c2cnc(-c3cc4ccccc4cn3)[nH]2)c1)c1ccccc1. The molecule has 0 aliphatic heterocycles. The number of hydrogen-bond donors (Lipinski definition) is 2. The molecule has 3 aromatic carbocycles. The zero-order valence-corrected chi connectivity index (χ0v) is 17.6. The molecule has 0 aliphatic rings. The van der Waals surface area contributed by atoms with Gasteiger partial charge in [-0.3, -0.25) is 9.78 Å². The van der Waals surface area contributed by atoms with Crippen LogP contribution in [0.5, 0.6) is 0 Å². The Kier molecular flexibility index (Phi) is 5.22. The quantitative estimate of drug-likeness (QED) is 0.380. The van der Waals surface area contributed by atoms with Gasteiger partial charge in [0.05, 0.1) is 17.9 Å². The molecule has 2 aromatic heterocycles. The van der Waals surface area contributed by atoms with E-state index in [1.807, 2.05) is 92.0 Å². The summed E-state index contributed by atoms with van der Waals surface area (Å²) < 4.78 is 0. The van der Waals surface area contributed by atoms with Crippen LogP contribution in [0.15, 0.2) is 97.3 Å². The molecule has 156 valence electrons. The Balaban J connectivity index is 1.37. The van der Waals surface area contributed by atoms with Gasteiger partial charge in [0.2, 0.25) is 0 Å². The first kappa shape index (κ1) is 19.7. The summed E-state index contributed by atoms with van der Waals surface area (Å²) in [6, 6.07) is 27.5. The smallest absolute Gasteiger partial charge is 0.251 e. The molecular weight excluding hydrogens is 396 g/mol. The monoisotopic (exact) mass is 418 g/mol. The van der Waals surface area contributed by atoms with Crippen molar-refractivity contribution in [2.45, 2.75) is 13.0 Å². The maximum absolute atomic E-state index is 12.8. The van der Waals surface area contributed by atoms with Gasteiger partial charge in [0.1, 0.15) is 5.69 Å². The van der Waals surface area contributed by atoms with Gasteiger partial charge in [0, 0.05) is 22.7 Å². The molecule has 1 unspecified atom stereocenters. The molecule has 5 rings (SSSR count). The normalized spacial score (nSPS) is 11.9. The first-order chi connectivity index (χ1) is 15.7. The second-order valence-electron chi connectivity index (χ2n) is 7.75. The molecule has 0 saturated carbocycles. The highest BCUT2D eigenvalue weighted by Crippen LogP contribution is 2.24. The van der Waals surface area contributed by atoms with Crippen molar-refractivity contribution in [3.05, 3.63) is 108 Å². The standard InChI is InChI=1S/C27H22N4O/c1-18(19-8-3-2-4-9-19)30-27(32)22-13-7-12-21(14-22)25-17-29-26(31-25)24-15-20-10-5-6-11-23(20)16-28-24/h2-18H,1H3,(H,29,31)(H,30,32). The molecule has 5 heteroatoms. The number of hydrogen-bond acceptors (Lipinski definition) is 3. The maximum atomic E-state index is 12.8. The second kappa shape index (κ2) is 8.47. The van der Waals surface area contributed by atoms with Gasteiger partial charge in [-0.25, -0.2) is 4.98 Å². The Hall–Kier alpha value is -4.25. The predicted molar refractivity (Wildman–Crippen MR) is 127 cm³/mol. The molecule has 1 amide bonds. The van der Waals surface area contributed by atoms with Crippen molar-refractivity contribution >= 4 is 16.7 Å². The molecular formula is C27H22N4O. The highest BCUT2D eigenvalue weighted by molar-refractivity contribution is 5.95. The van der Waals surface area contributed by atoms with E-state index >= 15 is 0 Å². The van der Waals surface area contributed by atoms with E-state index in [1.54, 1.807) is 6.20 Å². The summed E-state index contributed by atoms with van der Waals surface area (Å²) in [5.41, 5.74) is 4.18. The van der Waals surface area contributed by atoms with Crippen molar-refractivity contribution in [1.29, 1.82) is 0 Å². The summed E-state index contributed by atoms with van der Waals surface area (Å²) in [7, 11) is 0. The Bertz CT molecular complexity index is 1390. The first-order valence-electron chi connectivity index (χ1n) is 10.5. The van der Waals surface area contributed by atoms with Crippen LogP contribution in [-0.2, 0) is 0 Å². The third-order valence-corrected chi connectivity index (χ3v) is 5.53. The zero-order chi connectivity index (χ0) is 21.9. The average Bonchev–Trinajstić information content (AvgIpc) is 3.35. The van der Waals surface area contributed by atoms with Gasteiger partial charge in [0.15, 0.2) is 5.82 Å². The lowest BCUT2D eigenvalue weighted by Gasteiger charge is -2.14. The number of carbonyl (C=O) groups is 1. The van der Waals surface area contributed by atoms with Gasteiger partial charge >= 0.3 is 0 Å². The van der Waals surface area contributed by atoms with Gasteiger partial charge in [-0.15, -0.1) is 0 Å². The number of fused-ring (bicyclic) bond motifs is 1. The van der Waals surface area contributed by atoms with Gasteiger partial charge in [-0.05, 0) is 36.1 Å². The molecule has 2 N–H and O–H groups in total. The van der Waals surface area contributed by atoms with E-state index < -0.39 is 0 Å². The Morgan fingerprint density at radius 3 is 2.47 bits per heavy atom. The molecule has 2 heterocycles. The zero-order valence-electron chi connectivity index (χ0n) is 17.6. The van der Waals surface area contributed by atoms with E-state index in [4.69, 9.17) is 0 Å². The summed E-state index contributed by atoms with van der Waals surface area (Å²) in [5, 5.41) is 5.27. The topological polar surface area (TPSA) is 70.7 Å². The van der Waals surface area contributed by atoms with Crippen molar-refractivity contribution in [3.8, 4) is 22.8 Å². The lowest BCUT2D eigenvalue weighted by atomic mass is 10.1. The fraction of sp³-hybridized carbons (Fsp3) is 0.0741. The Labute approximate surface area is 186 Å². The van der Waals surface area contributed by atoms with Crippen LogP contribution in [0, 0.1) is 0 Å². The maximum Gasteiger partial charge on any atom is 0.251 e. The summed E-state index contributed by atoms with van der Waals surface area (Å²) in [4.78, 5) is 25.2. The van der Waals surface area contributed by atoms with Crippen LogP contribution in [0.3, 0.4) is 0 Å². The van der Waals surface area contributed by atoms with E-state index in [0.29, 0.717) is 11.4 Å². The van der Waals surface area contributed by atoms with Crippen LogP contribution in [0.1, 0.15) is 28.9 Å². The average molecular weight is 419 g/mol. The number of nitrogens with zero attached hydrogens (tertiary/aromatic N) is 2. The molecule has 32 heavy (non-hydrogen) atoms. The molecule has 5 aromatic rings. The van der Waals surface area contributed by atoms with Crippen LogP contribution in [0.4, 0.5) is 0 Å². The number of carbonyl (C=O) groups excluding carboxylic acids is 1. The Morgan fingerprint density at radius 1 is 0.844 bits per heavy atom. The van der Waals surface area contributed by atoms with Crippen LogP contribution in [-0.4, -0.2) is 20.9 Å². The molecule has 5 nitrogen and oxygen atoms in total. The van der Waals surface area contributed by atoms with E-state index in [0.717, 1.165) is 33.3 Å². The molecule has 0 bridgehead atoms. The fourth-order valence-corrected chi connectivity index (χ4v) is 3.74. The van der Waals surface area contributed by atoms with Gasteiger partial charge in [-0.2, -0.15) is 0 Å². The number of amides is 1. The lowest BCUT2D eigenvalue weighted by Crippen LogP contribution is -2.26. The second-order valence-corrected chi connectivity index (χ2v) is 7.75. The van der Waals surface area contributed by atoms with Gasteiger partial charge < -0.3 is 10.3 Å². The van der Waals surface area contributed by atoms with E-state index in [1.165, 1.54) is 0 Å². The molecule has 0 saturated heterocycles. The third kappa shape index (κ3) is 4.01. The molecule has 0 radical (unpaired) electrons. The minimum absolute atomic E-state index is 0.0786. The van der Waals surface area contributed by atoms with Gasteiger partial charge in [-0.1, -0.05) is 66.7 Å². The number of benzene rings is 3.